The van der Waals surface area contributed by atoms with Gasteiger partial charge in [0.15, 0.2) is 5.65 Å². The minimum absolute atomic E-state index is 0.394. The van der Waals surface area contributed by atoms with Gasteiger partial charge in [-0.15, -0.1) is 5.10 Å². The Morgan fingerprint density at radius 1 is 1.36 bits per heavy atom. The van der Waals surface area contributed by atoms with Crippen LogP contribution in [0.5, 0.6) is 0 Å². The van der Waals surface area contributed by atoms with Crippen LogP contribution in [0.4, 0.5) is 10.7 Å². The molecule has 0 aromatic carbocycles. The molecule has 0 aliphatic carbocycles. The van der Waals surface area contributed by atoms with Gasteiger partial charge >= 0.3 is 6.09 Å². The third-order valence-corrected chi connectivity index (χ3v) is 2.86. The van der Waals surface area contributed by atoms with Gasteiger partial charge in [-0.3, -0.25) is 0 Å². The second-order valence-electron chi connectivity index (χ2n) is 6.10. The lowest BCUT2D eigenvalue weighted by Crippen LogP contribution is -2.33. The van der Waals surface area contributed by atoms with Crippen LogP contribution >= 0.6 is 0 Å². The molecule has 0 fully saturated rings. The highest BCUT2D eigenvalue weighted by Gasteiger charge is 2.15. The van der Waals surface area contributed by atoms with Gasteiger partial charge in [0, 0.05) is 19.3 Å². The van der Waals surface area contributed by atoms with Gasteiger partial charge in [0.05, 0.1) is 0 Å². The number of hydrogen-bond donors (Lipinski definition) is 2. The third-order valence-electron chi connectivity index (χ3n) is 2.86. The summed E-state index contributed by atoms with van der Waals surface area (Å²) >= 11 is 0. The van der Waals surface area contributed by atoms with E-state index in [4.69, 9.17) is 4.74 Å². The van der Waals surface area contributed by atoms with E-state index >= 15 is 0 Å². The van der Waals surface area contributed by atoms with Gasteiger partial charge in [-0.2, -0.15) is 4.98 Å². The van der Waals surface area contributed by atoms with Gasteiger partial charge in [0.2, 0.25) is 5.95 Å². The number of carbonyl (C=O) groups excluding carboxylic acids is 1. The monoisotopic (exact) mass is 305 g/mol. The summed E-state index contributed by atoms with van der Waals surface area (Å²) in [7, 11) is 0. The summed E-state index contributed by atoms with van der Waals surface area (Å²) < 4.78 is 6.90. The Balaban J connectivity index is 1.72. The van der Waals surface area contributed by atoms with E-state index in [1.807, 2.05) is 46.0 Å². The lowest BCUT2D eigenvalue weighted by atomic mass is 10.2. The van der Waals surface area contributed by atoms with Crippen molar-refractivity contribution in [3.63, 3.8) is 0 Å². The third kappa shape index (κ3) is 4.61. The molecule has 22 heavy (non-hydrogen) atoms. The number of fused-ring (bicyclic) bond motifs is 1. The maximum Gasteiger partial charge on any atom is 0.407 e. The first-order valence-electron chi connectivity index (χ1n) is 7.38. The number of ether oxygens (including phenoxy) is 1. The fourth-order valence-electron chi connectivity index (χ4n) is 1.91. The van der Waals surface area contributed by atoms with E-state index in [-0.39, 0.29) is 0 Å². The fraction of sp³-hybridized carbons (Fsp3) is 0.533. The van der Waals surface area contributed by atoms with Crippen molar-refractivity contribution in [1.29, 1.82) is 0 Å². The summed E-state index contributed by atoms with van der Waals surface area (Å²) in [5, 5.41) is 10.2. The quantitative estimate of drug-likeness (QED) is 0.829. The molecule has 0 radical (unpaired) electrons. The van der Waals surface area contributed by atoms with Crippen LogP contribution in [0.15, 0.2) is 18.3 Å². The molecule has 7 heteroatoms. The summed E-state index contributed by atoms with van der Waals surface area (Å²) in [5.41, 5.74) is 1.45. The van der Waals surface area contributed by atoms with Crippen molar-refractivity contribution in [2.45, 2.75) is 39.7 Å². The molecule has 0 bridgehead atoms. The lowest BCUT2D eigenvalue weighted by molar-refractivity contribution is 0.0528. The van der Waals surface area contributed by atoms with Crippen molar-refractivity contribution in [3.8, 4) is 0 Å². The normalized spacial score (nSPS) is 11.5. The molecule has 1 amide bonds. The van der Waals surface area contributed by atoms with Crippen LogP contribution < -0.4 is 10.6 Å². The van der Waals surface area contributed by atoms with Crippen LogP contribution in [0.1, 0.15) is 32.8 Å². The van der Waals surface area contributed by atoms with Crippen LogP contribution in [0.2, 0.25) is 0 Å². The van der Waals surface area contributed by atoms with E-state index < -0.39 is 11.7 Å². The molecule has 2 heterocycles. The average Bonchev–Trinajstić information content (AvgIpc) is 2.80. The number of anilines is 1. The van der Waals surface area contributed by atoms with Crippen molar-refractivity contribution >= 4 is 17.7 Å². The van der Waals surface area contributed by atoms with Crippen molar-refractivity contribution in [2.24, 2.45) is 0 Å². The highest BCUT2D eigenvalue weighted by atomic mass is 16.6. The number of alkyl carbamates (subject to hydrolysis) is 1. The van der Waals surface area contributed by atoms with Crippen molar-refractivity contribution < 1.29 is 9.53 Å². The van der Waals surface area contributed by atoms with Gasteiger partial charge in [-0.25, -0.2) is 9.31 Å². The second kappa shape index (κ2) is 6.64. The number of rotatable bonds is 5. The Kier molecular flexibility index (Phi) is 4.85. The molecule has 120 valence electrons. The predicted octanol–water partition coefficient (Wildman–Crippen LogP) is 2.36. The largest absolute Gasteiger partial charge is 0.444 e. The molecule has 7 nitrogen and oxygen atoms in total. The van der Waals surface area contributed by atoms with Crippen LogP contribution in [0.3, 0.4) is 0 Å². The van der Waals surface area contributed by atoms with Gasteiger partial charge in [0.25, 0.3) is 0 Å². The number of aryl methyl sites for hydroxylation is 1. The summed E-state index contributed by atoms with van der Waals surface area (Å²) in [6.07, 6.45) is 2.23. The maximum absolute atomic E-state index is 11.5. The van der Waals surface area contributed by atoms with E-state index in [2.05, 4.69) is 20.7 Å². The van der Waals surface area contributed by atoms with Crippen molar-refractivity contribution in [2.75, 3.05) is 18.4 Å². The van der Waals surface area contributed by atoms with Gasteiger partial charge in [0.1, 0.15) is 5.60 Å². The maximum atomic E-state index is 11.5. The topological polar surface area (TPSA) is 80.5 Å². The summed E-state index contributed by atoms with van der Waals surface area (Å²) in [6.45, 7) is 8.72. The molecule has 0 saturated heterocycles. The Morgan fingerprint density at radius 3 is 2.82 bits per heavy atom. The van der Waals surface area contributed by atoms with E-state index in [0.717, 1.165) is 17.6 Å². The number of amides is 1. The molecule has 0 spiro atoms. The molecule has 0 aliphatic rings. The van der Waals surface area contributed by atoms with Gasteiger partial charge in [-0.1, -0.05) is 6.07 Å². The Morgan fingerprint density at radius 2 is 2.14 bits per heavy atom. The average molecular weight is 305 g/mol. The van der Waals surface area contributed by atoms with Crippen molar-refractivity contribution in [1.82, 2.24) is 19.9 Å². The molecule has 2 aromatic rings. The minimum atomic E-state index is -0.472. The first-order valence-corrected chi connectivity index (χ1v) is 7.38. The molecule has 0 unspecified atom stereocenters. The highest BCUT2D eigenvalue weighted by molar-refractivity contribution is 5.67. The van der Waals surface area contributed by atoms with Gasteiger partial charge < -0.3 is 15.4 Å². The Bertz CT molecular complexity index is 645. The summed E-state index contributed by atoms with van der Waals surface area (Å²) in [5.74, 6) is 0.589. The van der Waals surface area contributed by atoms with E-state index in [1.165, 1.54) is 0 Å². The number of nitrogens with zero attached hydrogens (tertiary/aromatic N) is 3. The number of pyridine rings is 1. The van der Waals surface area contributed by atoms with E-state index in [1.54, 1.807) is 4.52 Å². The summed E-state index contributed by atoms with van der Waals surface area (Å²) in [4.78, 5) is 15.9. The SMILES string of the molecule is Cc1cccn2nc(NCCCNC(=O)OC(C)(C)C)nc12. The molecular formula is C15H23N5O2. The number of aromatic nitrogens is 3. The zero-order chi connectivity index (χ0) is 16.2. The molecule has 0 saturated carbocycles. The van der Waals surface area contributed by atoms with Crippen LogP contribution in [0.25, 0.3) is 5.65 Å². The number of hydrogen-bond acceptors (Lipinski definition) is 5. The zero-order valence-corrected chi connectivity index (χ0v) is 13.5. The fourth-order valence-corrected chi connectivity index (χ4v) is 1.91. The first-order chi connectivity index (χ1) is 10.3. The number of nitrogens with one attached hydrogen (secondary N) is 2. The molecule has 2 aromatic heterocycles. The van der Waals surface area contributed by atoms with E-state index in [9.17, 15) is 4.79 Å². The molecule has 2 rings (SSSR count). The van der Waals surface area contributed by atoms with Crippen LogP contribution in [-0.2, 0) is 4.74 Å². The zero-order valence-electron chi connectivity index (χ0n) is 13.5. The van der Waals surface area contributed by atoms with E-state index in [0.29, 0.717) is 19.0 Å². The molecule has 0 atom stereocenters. The smallest absolute Gasteiger partial charge is 0.407 e. The van der Waals surface area contributed by atoms with Crippen LogP contribution in [0, 0.1) is 6.92 Å². The van der Waals surface area contributed by atoms with Gasteiger partial charge in [-0.05, 0) is 45.7 Å². The van der Waals surface area contributed by atoms with Crippen molar-refractivity contribution in [3.05, 3.63) is 23.9 Å². The minimum Gasteiger partial charge on any atom is -0.444 e. The molecule has 0 aliphatic heterocycles. The number of carbonyl (C=O) groups is 1. The predicted molar refractivity (Wildman–Crippen MR) is 85.1 cm³/mol. The standard InChI is InChI=1S/C15H23N5O2/c1-11-7-5-10-20-12(11)18-13(19-20)16-8-6-9-17-14(21)22-15(2,3)4/h5,7,10H,6,8-9H2,1-4H3,(H,16,19)(H,17,21). The second-order valence-corrected chi connectivity index (χ2v) is 6.10. The Hall–Kier alpha value is -2.31. The highest BCUT2D eigenvalue weighted by Crippen LogP contribution is 2.09. The molecule has 2 N–H and O–H groups in total. The lowest BCUT2D eigenvalue weighted by Gasteiger charge is -2.19. The first kappa shape index (κ1) is 16.1. The Labute approximate surface area is 130 Å². The molecular weight excluding hydrogens is 282 g/mol. The van der Waals surface area contributed by atoms with Crippen LogP contribution in [-0.4, -0.2) is 39.4 Å². The summed E-state index contributed by atoms with van der Waals surface area (Å²) in [6, 6.07) is 3.93.